The summed E-state index contributed by atoms with van der Waals surface area (Å²) in [6, 6.07) is 12.2. The highest BCUT2D eigenvalue weighted by Gasteiger charge is 2.33. The third-order valence-electron chi connectivity index (χ3n) is 8.29. The number of halogens is 3. The molecule has 0 aliphatic carbocycles. The van der Waals surface area contributed by atoms with Crippen LogP contribution in [0.1, 0.15) is 36.6 Å². The lowest BCUT2D eigenvalue weighted by atomic mass is 10.0. The quantitative estimate of drug-likeness (QED) is 0.310. The lowest BCUT2D eigenvalue weighted by Gasteiger charge is -2.37. The minimum atomic E-state index is -4.67. The van der Waals surface area contributed by atoms with Gasteiger partial charge < -0.3 is 15.1 Å². The van der Waals surface area contributed by atoms with E-state index in [0.717, 1.165) is 51.7 Å². The molecule has 2 amide bonds. The number of carbonyl (C=O) groups is 2. The predicted molar refractivity (Wildman–Crippen MR) is 163 cm³/mol. The molecule has 1 atom stereocenters. The van der Waals surface area contributed by atoms with Gasteiger partial charge in [-0.25, -0.2) is 18.8 Å². The van der Waals surface area contributed by atoms with E-state index in [-0.39, 0.29) is 28.8 Å². The number of nitrogens with zero attached hydrogens (tertiary/aromatic N) is 6. The number of quaternary nitrogens is 1. The smallest absolute Gasteiger partial charge is 0.351 e. The number of rotatable bonds is 6. The number of amides is 2. The molecular weight excluding hydrogens is 601 g/mol. The number of benzene rings is 2. The molecule has 11 nitrogen and oxygen atoms in total. The first-order valence-corrected chi connectivity index (χ1v) is 14.7. The zero-order valence-corrected chi connectivity index (χ0v) is 25.8. The number of imidazole rings is 1. The third kappa shape index (κ3) is 6.45. The summed E-state index contributed by atoms with van der Waals surface area (Å²) < 4.78 is 45.0. The third-order valence-corrected chi connectivity index (χ3v) is 8.29. The topological polar surface area (TPSA) is 127 Å². The second-order valence-corrected chi connectivity index (χ2v) is 12.1. The molecule has 2 aromatic carbocycles. The average molecular weight is 636 g/mol. The lowest BCUT2D eigenvalue weighted by molar-refractivity contribution is -0.895. The van der Waals surface area contributed by atoms with E-state index in [4.69, 9.17) is 0 Å². The molecule has 1 aliphatic rings. The molecule has 4 aromatic rings. The summed E-state index contributed by atoms with van der Waals surface area (Å²) in [5, 5.41) is 19.1. The molecule has 1 unspecified atom stereocenters. The van der Waals surface area contributed by atoms with E-state index in [1.807, 2.05) is 6.07 Å². The number of hydrogen-bond donors (Lipinski definition) is 2. The maximum absolute atomic E-state index is 14.0. The minimum Gasteiger partial charge on any atom is -0.351 e. The van der Waals surface area contributed by atoms with Gasteiger partial charge in [-0.15, -0.1) is 0 Å². The lowest BCUT2D eigenvalue weighted by Crippen LogP contribution is -2.55. The normalized spacial score (nSPS) is 15.6. The van der Waals surface area contributed by atoms with E-state index in [9.17, 15) is 32.8 Å². The highest BCUT2D eigenvalue weighted by Crippen LogP contribution is 2.32. The molecule has 1 aliphatic heterocycles. The number of hydrogen-bond acceptors (Lipinski definition) is 5. The summed E-state index contributed by atoms with van der Waals surface area (Å²) in [6.07, 6.45) is -1.66. The van der Waals surface area contributed by atoms with Crippen molar-refractivity contribution in [2.75, 3.05) is 27.2 Å². The molecule has 240 valence electrons. The molecule has 46 heavy (non-hydrogen) atoms. The second-order valence-electron chi connectivity index (χ2n) is 12.1. The van der Waals surface area contributed by atoms with Crippen molar-refractivity contribution < 1.29 is 27.2 Å². The first-order chi connectivity index (χ1) is 21.7. The van der Waals surface area contributed by atoms with Crippen molar-refractivity contribution in [3.63, 3.8) is 0 Å². The van der Waals surface area contributed by atoms with Crippen LogP contribution in [-0.4, -0.2) is 74.6 Å². The summed E-state index contributed by atoms with van der Waals surface area (Å²) in [5.41, 5.74) is -0.587. The van der Waals surface area contributed by atoms with Gasteiger partial charge in [-0.05, 0) is 62.4 Å². The summed E-state index contributed by atoms with van der Waals surface area (Å²) in [4.78, 5) is 40.9. The molecule has 5 rings (SSSR count). The van der Waals surface area contributed by atoms with Gasteiger partial charge in [0.15, 0.2) is 0 Å². The van der Waals surface area contributed by atoms with E-state index in [2.05, 4.69) is 29.8 Å². The Balaban J connectivity index is 1.56. The minimum absolute atomic E-state index is 0.0534. The molecule has 2 aromatic heterocycles. The summed E-state index contributed by atoms with van der Waals surface area (Å²) in [5.74, 6) is -0.420. The molecule has 1 fully saturated rings. The fraction of sp³-hybridized carbons (Fsp3) is 0.344. The van der Waals surface area contributed by atoms with Crippen molar-refractivity contribution in [2.24, 2.45) is 0 Å². The highest BCUT2D eigenvalue weighted by atomic mass is 19.4. The van der Waals surface area contributed by atoms with Crippen LogP contribution in [0.4, 0.5) is 18.0 Å². The molecule has 0 radical (unpaired) electrons. The number of nitriles is 1. The summed E-state index contributed by atoms with van der Waals surface area (Å²) >= 11 is 0. The number of aromatic nitrogens is 4. The molecule has 2 N–H and O–H groups in total. The Labute approximate surface area is 263 Å². The van der Waals surface area contributed by atoms with Crippen molar-refractivity contribution in [2.45, 2.75) is 44.9 Å². The van der Waals surface area contributed by atoms with Crippen molar-refractivity contribution >= 4 is 11.9 Å². The van der Waals surface area contributed by atoms with Crippen LogP contribution in [0.25, 0.3) is 22.8 Å². The van der Waals surface area contributed by atoms with Gasteiger partial charge in [0, 0.05) is 18.9 Å². The fourth-order valence-electron chi connectivity index (χ4n) is 5.64. The number of alkyl halides is 3. The SMILES string of the molecule is Cc1c(-c2ccnn2-c2ccc(C#N)cc2)n(C(=O)NC(C)C(=O)NC2CC[N+](C)(C)CC2)c(=O)n1-c1cccc(C(F)(F)F)c1. The number of piperidine rings is 1. The van der Waals surface area contributed by atoms with E-state index >= 15 is 0 Å². The standard InChI is InChI=1S/C32H33F3N8O3/c1-20(29(44)39-24-13-16-43(3,4)17-14-24)38-30(45)41-28(27-12-15-37-42(27)25-10-8-22(19-36)9-11-25)21(2)40(31(41)46)26-7-5-6-23(18-26)32(33,34)35/h5-12,15,18,20,24H,13-14,16-17H2,1-4H3,(H-,38,39,44,45)/p+1. The second kappa shape index (κ2) is 12.3. The Morgan fingerprint density at radius 1 is 1.07 bits per heavy atom. The Morgan fingerprint density at radius 3 is 2.37 bits per heavy atom. The Hall–Kier alpha value is -5.16. The van der Waals surface area contributed by atoms with Crippen molar-refractivity contribution in [1.29, 1.82) is 5.26 Å². The van der Waals surface area contributed by atoms with Crippen molar-refractivity contribution in [1.82, 2.24) is 29.5 Å². The largest absolute Gasteiger partial charge is 0.416 e. The Morgan fingerprint density at radius 2 is 1.74 bits per heavy atom. The van der Waals surface area contributed by atoms with Crippen LogP contribution < -0.4 is 16.3 Å². The van der Waals surface area contributed by atoms with Crippen LogP contribution >= 0.6 is 0 Å². The van der Waals surface area contributed by atoms with Gasteiger partial charge in [0.25, 0.3) is 0 Å². The molecule has 3 heterocycles. The number of likely N-dealkylation sites (tertiary alicyclic amines) is 1. The molecular formula is C32H34F3N8O3+. The van der Waals surface area contributed by atoms with Crippen LogP contribution in [0.5, 0.6) is 0 Å². The monoisotopic (exact) mass is 635 g/mol. The number of carbonyl (C=O) groups excluding carboxylic acids is 2. The first-order valence-electron chi connectivity index (χ1n) is 14.7. The van der Waals surface area contributed by atoms with E-state index < -0.39 is 35.4 Å². The van der Waals surface area contributed by atoms with Crippen molar-refractivity contribution in [3.8, 4) is 28.8 Å². The average Bonchev–Trinajstić information content (AvgIpc) is 3.59. The van der Waals surface area contributed by atoms with Gasteiger partial charge in [0.2, 0.25) is 5.91 Å². The fourth-order valence-corrected chi connectivity index (χ4v) is 5.64. The van der Waals surface area contributed by atoms with Gasteiger partial charge >= 0.3 is 17.9 Å². The zero-order valence-electron chi connectivity index (χ0n) is 25.8. The van der Waals surface area contributed by atoms with E-state index in [1.54, 1.807) is 30.3 Å². The van der Waals surface area contributed by atoms with Gasteiger partial charge in [-0.1, -0.05) is 6.07 Å². The van der Waals surface area contributed by atoms with Crippen LogP contribution in [0.2, 0.25) is 0 Å². The van der Waals surface area contributed by atoms with Gasteiger partial charge in [0.1, 0.15) is 11.7 Å². The van der Waals surface area contributed by atoms with Gasteiger partial charge in [-0.3, -0.25) is 9.36 Å². The highest BCUT2D eigenvalue weighted by molar-refractivity contribution is 5.89. The van der Waals surface area contributed by atoms with E-state index in [0.29, 0.717) is 11.3 Å². The van der Waals surface area contributed by atoms with Crippen LogP contribution in [0, 0.1) is 18.3 Å². The number of nitrogens with one attached hydrogen (secondary N) is 2. The van der Waals surface area contributed by atoms with Crippen LogP contribution in [0.15, 0.2) is 65.6 Å². The first kappa shape index (κ1) is 32.2. The maximum atomic E-state index is 14.0. The van der Waals surface area contributed by atoms with Gasteiger partial charge in [-0.2, -0.15) is 23.5 Å². The molecule has 1 saturated heterocycles. The van der Waals surface area contributed by atoms with Gasteiger partial charge in [0.05, 0.1) is 73.3 Å². The molecule has 0 saturated carbocycles. The Kier molecular flexibility index (Phi) is 8.64. The zero-order chi connectivity index (χ0) is 33.4. The molecule has 0 spiro atoms. The van der Waals surface area contributed by atoms with Crippen LogP contribution in [-0.2, 0) is 11.0 Å². The predicted octanol–water partition coefficient (Wildman–Crippen LogP) is 3.99. The maximum Gasteiger partial charge on any atom is 0.416 e. The Bertz CT molecular complexity index is 1870. The van der Waals surface area contributed by atoms with Crippen LogP contribution in [0.3, 0.4) is 0 Å². The summed E-state index contributed by atoms with van der Waals surface area (Å²) in [6.45, 7) is 4.79. The summed E-state index contributed by atoms with van der Waals surface area (Å²) in [7, 11) is 4.24. The molecule has 0 bridgehead atoms. The van der Waals surface area contributed by atoms with Crippen molar-refractivity contribution in [3.05, 3.63) is 88.1 Å². The molecule has 14 heteroatoms. The van der Waals surface area contributed by atoms with E-state index in [1.165, 1.54) is 36.9 Å².